The molecular weight excluding hydrogens is 324 g/mol. The van der Waals surface area contributed by atoms with Gasteiger partial charge in [0.05, 0.1) is 13.2 Å². The van der Waals surface area contributed by atoms with Crippen LogP contribution in [0.5, 0.6) is 0 Å². The van der Waals surface area contributed by atoms with E-state index in [9.17, 15) is 0 Å². The molecule has 5 heteroatoms. The lowest BCUT2D eigenvalue weighted by molar-refractivity contribution is 0.122. The summed E-state index contributed by atoms with van der Waals surface area (Å²) >= 11 is 0. The molecule has 0 amide bonds. The van der Waals surface area contributed by atoms with Crippen LogP contribution in [0.2, 0.25) is 0 Å². The van der Waals surface area contributed by atoms with E-state index in [4.69, 9.17) is 14.7 Å². The van der Waals surface area contributed by atoms with E-state index in [2.05, 4.69) is 29.3 Å². The summed E-state index contributed by atoms with van der Waals surface area (Å²) in [4.78, 5) is 11.8. The number of hydrogen-bond acceptors (Lipinski definition) is 5. The molecule has 0 atom stereocenters. The third-order valence-electron chi connectivity index (χ3n) is 4.37. The molecule has 0 saturated carbocycles. The zero-order chi connectivity index (χ0) is 17.8. The zero-order valence-electron chi connectivity index (χ0n) is 14.9. The van der Waals surface area contributed by atoms with Crippen LogP contribution in [-0.2, 0) is 4.74 Å². The molecule has 1 aliphatic rings. The Balaban J connectivity index is 1.72. The second kappa shape index (κ2) is 7.54. The van der Waals surface area contributed by atoms with Gasteiger partial charge in [0.25, 0.3) is 0 Å². The predicted octanol–water partition coefficient (Wildman–Crippen LogP) is 4.03. The molecule has 3 aromatic rings. The monoisotopic (exact) mass is 346 g/mol. The van der Waals surface area contributed by atoms with Gasteiger partial charge in [-0.25, -0.2) is 9.97 Å². The van der Waals surface area contributed by atoms with Gasteiger partial charge in [-0.2, -0.15) is 0 Å². The van der Waals surface area contributed by atoms with Gasteiger partial charge < -0.3 is 15.0 Å². The van der Waals surface area contributed by atoms with Crippen molar-refractivity contribution in [2.75, 3.05) is 36.5 Å². The fourth-order valence-electron chi connectivity index (χ4n) is 3.04. The van der Waals surface area contributed by atoms with Gasteiger partial charge >= 0.3 is 0 Å². The number of nitrogens with zero attached hydrogens (tertiary/aromatic N) is 3. The van der Waals surface area contributed by atoms with Crippen LogP contribution in [0.25, 0.3) is 11.4 Å². The van der Waals surface area contributed by atoms with Crippen LogP contribution in [0.4, 0.5) is 17.3 Å². The summed E-state index contributed by atoms with van der Waals surface area (Å²) in [5.41, 5.74) is 3.24. The molecule has 26 heavy (non-hydrogen) atoms. The van der Waals surface area contributed by atoms with Crippen molar-refractivity contribution in [1.29, 1.82) is 0 Å². The third kappa shape index (κ3) is 3.83. The van der Waals surface area contributed by atoms with Crippen molar-refractivity contribution in [3.05, 3.63) is 66.2 Å². The van der Waals surface area contributed by atoms with Gasteiger partial charge in [-0.05, 0) is 24.6 Å². The molecule has 1 aliphatic heterocycles. The van der Waals surface area contributed by atoms with Crippen molar-refractivity contribution in [2.24, 2.45) is 0 Å². The highest BCUT2D eigenvalue weighted by molar-refractivity contribution is 5.65. The number of anilines is 3. The molecule has 132 valence electrons. The first-order chi connectivity index (χ1) is 12.8. The number of benzene rings is 2. The topological polar surface area (TPSA) is 50.3 Å². The molecule has 1 aromatic heterocycles. The molecular formula is C21H22N4O. The quantitative estimate of drug-likeness (QED) is 0.773. The minimum absolute atomic E-state index is 0.727. The lowest BCUT2D eigenvalue weighted by Crippen LogP contribution is -2.36. The van der Waals surface area contributed by atoms with Crippen molar-refractivity contribution in [1.82, 2.24) is 9.97 Å². The molecule has 0 aliphatic carbocycles. The van der Waals surface area contributed by atoms with Gasteiger partial charge in [-0.3, -0.25) is 0 Å². The molecule has 1 N–H and O–H groups in total. The van der Waals surface area contributed by atoms with Gasteiger partial charge in [-0.15, -0.1) is 0 Å². The van der Waals surface area contributed by atoms with Crippen LogP contribution in [-0.4, -0.2) is 36.3 Å². The summed E-state index contributed by atoms with van der Waals surface area (Å²) < 4.78 is 5.47. The van der Waals surface area contributed by atoms with Crippen LogP contribution in [0.15, 0.2) is 60.7 Å². The Morgan fingerprint density at radius 2 is 1.73 bits per heavy atom. The maximum Gasteiger partial charge on any atom is 0.163 e. The summed E-state index contributed by atoms with van der Waals surface area (Å²) in [7, 11) is 0. The highest BCUT2D eigenvalue weighted by Gasteiger charge is 2.16. The van der Waals surface area contributed by atoms with Crippen LogP contribution in [0.1, 0.15) is 5.56 Å². The van der Waals surface area contributed by atoms with Gasteiger partial charge in [0.15, 0.2) is 5.82 Å². The number of morpholine rings is 1. The first-order valence-electron chi connectivity index (χ1n) is 8.89. The third-order valence-corrected chi connectivity index (χ3v) is 4.37. The van der Waals surface area contributed by atoms with E-state index >= 15 is 0 Å². The Hall–Kier alpha value is -2.92. The first kappa shape index (κ1) is 16.5. The molecule has 0 radical (unpaired) electrons. The van der Waals surface area contributed by atoms with Gasteiger partial charge in [0, 0.05) is 30.4 Å². The maximum absolute atomic E-state index is 5.47. The van der Waals surface area contributed by atoms with E-state index < -0.39 is 0 Å². The lowest BCUT2D eigenvalue weighted by Gasteiger charge is -2.28. The largest absolute Gasteiger partial charge is 0.378 e. The number of ether oxygens (including phenoxy) is 1. The fraction of sp³-hybridized carbons (Fsp3) is 0.238. The first-order valence-corrected chi connectivity index (χ1v) is 8.89. The smallest absolute Gasteiger partial charge is 0.163 e. The van der Waals surface area contributed by atoms with Crippen molar-refractivity contribution in [3.63, 3.8) is 0 Å². The Kier molecular flexibility index (Phi) is 4.80. The lowest BCUT2D eigenvalue weighted by atomic mass is 10.2. The minimum Gasteiger partial charge on any atom is -0.378 e. The highest BCUT2D eigenvalue weighted by Crippen LogP contribution is 2.25. The molecule has 0 bridgehead atoms. The van der Waals surface area contributed by atoms with Crippen LogP contribution >= 0.6 is 0 Å². The second-order valence-corrected chi connectivity index (χ2v) is 6.39. The van der Waals surface area contributed by atoms with Crippen molar-refractivity contribution < 1.29 is 4.74 Å². The average molecular weight is 346 g/mol. The summed E-state index contributed by atoms with van der Waals surface area (Å²) in [5, 5.41) is 3.43. The number of hydrogen-bond donors (Lipinski definition) is 1. The average Bonchev–Trinajstić information content (AvgIpc) is 2.69. The number of nitrogens with one attached hydrogen (secondary N) is 1. The van der Waals surface area contributed by atoms with E-state index in [1.165, 1.54) is 5.56 Å². The van der Waals surface area contributed by atoms with E-state index in [0.29, 0.717) is 0 Å². The second-order valence-electron chi connectivity index (χ2n) is 6.39. The van der Waals surface area contributed by atoms with Crippen LogP contribution in [0, 0.1) is 6.92 Å². The Bertz CT molecular complexity index is 876. The zero-order valence-corrected chi connectivity index (χ0v) is 14.9. The highest BCUT2D eigenvalue weighted by atomic mass is 16.5. The maximum atomic E-state index is 5.47. The molecule has 4 rings (SSSR count). The normalized spacial score (nSPS) is 14.3. The molecule has 2 heterocycles. The van der Waals surface area contributed by atoms with Crippen LogP contribution < -0.4 is 10.2 Å². The van der Waals surface area contributed by atoms with Crippen molar-refractivity contribution in [2.45, 2.75) is 6.92 Å². The summed E-state index contributed by atoms with van der Waals surface area (Å²) in [6.07, 6.45) is 0. The van der Waals surface area contributed by atoms with Gasteiger partial charge in [0.1, 0.15) is 11.6 Å². The SMILES string of the molecule is Cc1cccc(Nc2cc(N3CCOCC3)nc(-c3ccccc3)n2)c1. The standard InChI is InChI=1S/C21H22N4O/c1-16-6-5-9-18(14-16)22-19-15-20(25-10-12-26-13-11-25)24-21(23-19)17-7-3-2-4-8-17/h2-9,14-15H,10-13H2,1H3,(H,22,23,24). The Morgan fingerprint density at radius 3 is 2.50 bits per heavy atom. The molecule has 2 aromatic carbocycles. The van der Waals surface area contributed by atoms with E-state index in [-0.39, 0.29) is 0 Å². The van der Waals surface area contributed by atoms with E-state index in [1.54, 1.807) is 0 Å². The Labute approximate surface area is 153 Å². The molecule has 5 nitrogen and oxygen atoms in total. The predicted molar refractivity (Wildman–Crippen MR) is 105 cm³/mol. The van der Waals surface area contributed by atoms with E-state index in [1.807, 2.05) is 48.5 Å². The molecule has 0 spiro atoms. The number of rotatable bonds is 4. The minimum atomic E-state index is 0.727. The molecule has 0 unspecified atom stereocenters. The van der Waals surface area contributed by atoms with Crippen LogP contribution in [0.3, 0.4) is 0 Å². The Morgan fingerprint density at radius 1 is 0.923 bits per heavy atom. The molecule has 1 fully saturated rings. The fourth-order valence-corrected chi connectivity index (χ4v) is 3.04. The van der Waals surface area contributed by atoms with Crippen molar-refractivity contribution in [3.8, 4) is 11.4 Å². The van der Waals surface area contributed by atoms with Gasteiger partial charge in [0.2, 0.25) is 0 Å². The summed E-state index contributed by atoms with van der Waals surface area (Å²) in [6, 6.07) is 20.4. The molecule has 1 saturated heterocycles. The summed E-state index contributed by atoms with van der Waals surface area (Å²) in [6.45, 7) is 5.22. The van der Waals surface area contributed by atoms with Crippen molar-refractivity contribution >= 4 is 17.3 Å². The summed E-state index contributed by atoms with van der Waals surface area (Å²) in [5.74, 6) is 2.45. The number of aryl methyl sites for hydroxylation is 1. The number of aromatic nitrogens is 2. The van der Waals surface area contributed by atoms with Gasteiger partial charge in [-0.1, -0.05) is 42.5 Å². The van der Waals surface area contributed by atoms with E-state index in [0.717, 1.165) is 55.0 Å².